The minimum Gasteiger partial charge on any atom is -0.382 e. The van der Waals surface area contributed by atoms with Gasteiger partial charge in [-0.2, -0.15) is 5.10 Å². The largest absolute Gasteiger partial charge is 0.382 e. The van der Waals surface area contributed by atoms with E-state index in [1.807, 2.05) is 48.3 Å². The van der Waals surface area contributed by atoms with E-state index in [1.54, 1.807) is 7.11 Å². The van der Waals surface area contributed by atoms with E-state index in [2.05, 4.69) is 17.3 Å². The average molecular weight is 375 g/mol. The highest BCUT2D eigenvalue weighted by Crippen LogP contribution is 2.18. The van der Waals surface area contributed by atoms with Gasteiger partial charge in [0.25, 0.3) is 5.91 Å². The highest BCUT2D eigenvalue weighted by Gasteiger charge is 2.10. The van der Waals surface area contributed by atoms with Crippen LogP contribution in [0, 0.1) is 6.92 Å². The molecule has 1 heterocycles. The number of carbonyl (C=O) groups excluding carboxylic acids is 1. The topological polar surface area (TPSA) is 74.6 Å². The number of nitrogens with zero attached hydrogens (tertiary/aromatic N) is 2. The Balaban J connectivity index is 1.68. The number of methoxy groups -OCH3 is 1. The minimum absolute atomic E-state index is 0.107. The molecular formula is C20H29N3O4. The van der Waals surface area contributed by atoms with Gasteiger partial charge in [-0.15, -0.1) is 0 Å². The van der Waals surface area contributed by atoms with E-state index in [1.165, 1.54) is 0 Å². The molecule has 1 N–H and O–H groups in total. The standard InChI is InChI=1S/C20H29N3O4/c1-16-14-22-23(15-16)17(2)18-4-6-19(7-5-18)20(24)21-8-9-26-12-13-27-11-10-25-3/h4-7,14-15,17H,8-13H2,1-3H3,(H,21,24). The van der Waals surface area contributed by atoms with Gasteiger partial charge in [-0.25, -0.2) is 0 Å². The number of amides is 1. The summed E-state index contributed by atoms with van der Waals surface area (Å²) in [5.74, 6) is -0.107. The maximum absolute atomic E-state index is 12.2. The summed E-state index contributed by atoms with van der Waals surface area (Å²) in [7, 11) is 1.64. The Morgan fingerprint density at radius 3 is 2.41 bits per heavy atom. The quantitative estimate of drug-likeness (QED) is 0.576. The first-order valence-electron chi connectivity index (χ1n) is 9.15. The Kier molecular flexibility index (Phi) is 8.97. The van der Waals surface area contributed by atoms with Gasteiger partial charge < -0.3 is 19.5 Å². The number of carbonyl (C=O) groups is 1. The molecule has 148 valence electrons. The van der Waals surface area contributed by atoms with E-state index >= 15 is 0 Å². The fraction of sp³-hybridized carbons (Fsp3) is 0.500. The number of hydrogen-bond acceptors (Lipinski definition) is 5. The van der Waals surface area contributed by atoms with Crippen LogP contribution in [0.3, 0.4) is 0 Å². The molecule has 7 heteroatoms. The maximum atomic E-state index is 12.2. The zero-order chi connectivity index (χ0) is 19.5. The van der Waals surface area contributed by atoms with Crippen molar-refractivity contribution in [1.82, 2.24) is 15.1 Å². The number of nitrogens with one attached hydrogen (secondary N) is 1. The molecule has 1 aromatic heterocycles. The molecule has 1 aromatic carbocycles. The van der Waals surface area contributed by atoms with E-state index in [0.717, 1.165) is 11.1 Å². The predicted octanol–water partition coefficient (Wildman–Crippen LogP) is 2.21. The van der Waals surface area contributed by atoms with Gasteiger partial charge in [-0.3, -0.25) is 9.48 Å². The Bertz CT molecular complexity index is 685. The second kappa shape index (κ2) is 11.5. The van der Waals surface area contributed by atoms with Gasteiger partial charge in [-0.05, 0) is 37.1 Å². The predicted molar refractivity (Wildman–Crippen MR) is 103 cm³/mol. The molecule has 0 bridgehead atoms. The third-order valence-electron chi connectivity index (χ3n) is 4.12. The third-order valence-corrected chi connectivity index (χ3v) is 4.12. The first kappa shape index (κ1) is 21.1. The van der Waals surface area contributed by atoms with Crippen LogP contribution in [0.4, 0.5) is 0 Å². The van der Waals surface area contributed by atoms with Gasteiger partial charge in [0.1, 0.15) is 0 Å². The van der Waals surface area contributed by atoms with Crippen LogP contribution in [0.25, 0.3) is 0 Å². The van der Waals surface area contributed by atoms with Gasteiger partial charge in [0.15, 0.2) is 0 Å². The Morgan fingerprint density at radius 2 is 1.78 bits per heavy atom. The highest BCUT2D eigenvalue weighted by molar-refractivity contribution is 5.94. The van der Waals surface area contributed by atoms with Crippen LogP contribution in [0.1, 0.15) is 34.5 Å². The van der Waals surface area contributed by atoms with E-state index in [4.69, 9.17) is 14.2 Å². The van der Waals surface area contributed by atoms with E-state index < -0.39 is 0 Å². The molecule has 2 rings (SSSR count). The first-order chi connectivity index (χ1) is 13.1. The number of rotatable bonds is 12. The van der Waals surface area contributed by atoms with Gasteiger partial charge in [0.05, 0.1) is 45.3 Å². The normalized spacial score (nSPS) is 12.1. The van der Waals surface area contributed by atoms with Crippen LogP contribution in [0.15, 0.2) is 36.7 Å². The maximum Gasteiger partial charge on any atom is 0.251 e. The minimum atomic E-state index is -0.107. The van der Waals surface area contributed by atoms with Crippen molar-refractivity contribution >= 4 is 5.91 Å². The van der Waals surface area contributed by atoms with Crippen molar-refractivity contribution in [1.29, 1.82) is 0 Å². The van der Waals surface area contributed by atoms with Gasteiger partial charge >= 0.3 is 0 Å². The summed E-state index contributed by atoms with van der Waals surface area (Å²) in [5.41, 5.74) is 2.86. The van der Waals surface area contributed by atoms with E-state index in [9.17, 15) is 4.79 Å². The molecule has 1 unspecified atom stereocenters. The van der Waals surface area contributed by atoms with Crippen molar-refractivity contribution in [2.24, 2.45) is 0 Å². The van der Waals surface area contributed by atoms with Crippen LogP contribution in [0.2, 0.25) is 0 Å². The molecule has 0 spiro atoms. The highest BCUT2D eigenvalue weighted by atomic mass is 16.5. The first-order valence-corrected chi connectivity index (χ1v) is 9.15. The second-order valence-corrected chi connectivity index (χ2v) is 6.27. The fourth-order valence-electron chi connectivity index (χ4n) is 2.51. The van der Waals surface area contributed by atoms with E-state index in [0.29, 0.717) is 45.1 Å². The van der Waals surface area contributed by atoms with Crippen LogP contribution < -0.4 is 5.32 Å². The molecule has 1 atom stereocenters. The summed E-state index contributed by atoms with van der Waals surface area (Å²) >= 11 is 0. The Hall–Kier alpha value is -2.22. The van der Waals surface area contributed by atoms with Gasteiger partial charge in [0, 0.05) is 25.4 Å². The number of ether oxygens (including phenoxy) is 3. The summed E-state index contributed by atoms with van der Waals surface area (Å²) in [4.78, 5) is 12.2. The molecule has 0 aliphatic carbocycles. The fourth-order valence-corrected chi connectivity index (χ4v) is 2.51. The summed E-state index contributed by atoms with van der Waals surface area (Å²) in [6, 6.07) is 7.72. The smallest absolute Gasteiger partial charge is 0.251 e. The van der Waals surface area contributed by atoms with Gasteiger partial charge in [0.2, 0.25) is 0 Å². The van der Waals surface area contributed by atoms with Crippen molar-refractivity contribution < 1.29 is 19.0 Å². The lowest BCUT2D eigenvalue weighted by molar-refractivity contribution is 0.0255. The molecule has 0 radical (unpaired) electrons. The zero-order valence-corrected chi connectivity index (χ0v) is 16.3. The molecule has 7 nitrogen and oxygen atoms in total. The lowest BCUT2D eigenvalue weighted by atomic mass is 10.1. The van der Waals surface area contributed by atoms with Crippen molar-refractivity contribution in [3.63, 3.8) is 0 Å². The number of aryl methyl sites for hydroxylation is 1. The van der Waals surface area contributed by atoms with Crippen LogP contribution >= 0.6 is 0 Å². The van der Waals surface area contributed by atoms with Crippen LogP contribution in [-0.4, -0.2) is 62.4 Å². The second-order valence-electron chi connectivity index (χ2n) is 6.27. The summed E-state index contributed by atoms with van der Waals surface area (Å²) in [6.07, 6.45) is 3.85. The van der Waals surface area contributed by atoms with E-state index in [-0.39, 0.29) is 11.9 Å². The lowest BCUT2D eigenvalue weighted by Gasteiger charge is -2.13. The SMILES string of the molecule is COCCOCCOCCNC(=O)c1ccc(C(C)n2cc(C)cn2)cc1. The molecule has 2 aromatic rings. The van der Waals surface area contributed by atoms with Crippen molar-refractivity contribution in [3.8, 4) is 0 Å². The third kappa shape index (κ3) is 7.13. The summed E-state index contributed by atoms with van der Waals surface area (Å²) < 4.78 is 17.5. The molecule has 0 fully saturated rings. The summed E-state index contributed by atoms with van der Waals surface area (Å²) in [5, 5.41) is 7.20. The van der Waals surface area contributed by atoms with Crippen molar-refractivity contribution in [2.45, 2.75) is 19.9 Å². The lowest BCUT2D eigenvalue weighted by Crippen LogP contribution is -2.27. The molecule has 0 saturated carbocycles. The molecule has 0 saturated heterocycles. The van der Waals surface area contributed by atoms with Crippen LogP contribution in [0.5, 0.6) is 0 Å². The zero-order valence-electron chi connectivity index (χ0n) is 16.3. The number of hydrogen-bond donors (Lipinski definition) is 1. The molecule has 0 aliphatic rings. The number of benzene rings is 1. The Morgan fingerprint density at radius 1 is 1.11 bits per heavy atom. The monoisotopic (exact) mass is 375 g/mol. The van der Waals surface area contributed by atoms with Crippen LogP contribution in [-0.2, 0) is 14.2 Å². The molecule has 1 amide bonds. The van der Waals surface area contributed by atoms with Crippen molar-refractivity contribution in [3.05, 3.63) is 53.3 Å². The Labute approximate surface area is 160 Å². The average Bonchev–Trinajstić information content (AvgIpc) is 3.12. The molecule has 0 aliphatic heterocycles. The van der Waals surface area contributed by atoms with Gasteiger partial charge in [-0.1, -0.05) is 12.1 Å². The summed E-state index contributed by atoms with van der Waals surface area (Å²) in [6.45, 7) is 7.17. The molecular weight excluding hydrogens is 346 g/mol. The number of aromatic nitrogens is 2. The van der Waals surface area contributed by atoms with Crippen molar-refractivity contribution in [2.75, 3.05) is 46.7 Å². The molecule has 27 heavy (non-hydrogen) atoms.